The zero-order valence-electron chi connectivity index (χ0n) is 11.0. The molecule has 0 unspecified atom stereocenters. The van der Waals surface area contributed by atoms with E-state index < -0.39 is 0 Å². The lowest BCUT2D eigenvalue weighted by Crippen LogP contribution is -2.20. The number of hydrogen-bond acceptors (Lipinski definition) is 3. The molecule has 0 atom stereocenters. The fourth-order valence-electron chi connectivity index (χ4n) is 1.67. The molecule has 20 heavy (non-hydrogen) atoms. The number of anilines is 2. The lowest BCUT2D eigenvalue weighted by molar-refractivity contribution is -0.118. The molecule has 3 N–H and O–H groups in total. The van der Waals surface area contributed by atoms with Crippen molar-refractivity contribution in [3.8, 4) is 5.75 Å². The van der Waals surface area contributed by atoms with Gasteiger partial charge in [-0.2, -0.15) is 0 Å². The van der Waals surface area contributed by atoms with Gasteiger partial charge in [0.05, 0.1) is 0 Å². The van der Waals surface area contributed by atoms with Gasteiger partial charge in [-0.25, -0.2) is 4.39 Å². The fraction of sp³-hybridized carbons (Fsp3) is 0.133. The number of halogens is 1. The summed E-state index contributed by atoms with van der Waals surface area (Å²) in [6.45, 7) is 1.48. The molecule has 0 spiro atoms. The van der Waals surface area contributed by atoms with Gasteiger partial charge in [0.2, 0.25) is 0 Å². The molecule has 1 amide bonds. The van der Waals surface area contributed by atoms with Crippen LogP contribution in [0.4, 0.5) is 15.8 Å². The van der Waals surface area contributed by atoms with E-state index in [1.165, 1.54) is 12.1 Å². The zero-order valence-corrected chi connectivity index (χ0v) is 11.0. The van der Waals surface area contributed by atoms with Crippen molar-refractivity contribution in [2.24, 2.45) is 0 Å². The highest BCUT2D eigenvalue weighted by molar-refractivity contribution is 5.92. The maximum absolute atomic E-state index is 13.1. The van der Waals surface area contributed by atoms with Gasteiger partial charge in [0.25, 0.3) is 5.91 Å². The number of nitrogen functional groups attached to an aromatic ring is 1. The molecular formula is C15H15FN2O2. The third-order valence-corrected chi connectivity index (χ3v) is 2.67. The van der Waals surface area contributed by atoms with Crippen LogP contribution in [0.5, 0.6) is 5.75 Å². The number of benzene rings is 2. The summed E-state index contributed by atoms with van der Waals surface area (Å²) in [4.78, 5) is 11.7. The summed E-state index contributed by atoms with van der Waals surface area (Å²) in [6, 6.07) is 11.2. The molecule has 0 aromatic heterocycles. The minimum atomic E-state index is -0.308. The third-order valence-electron chi connectivity index (χ3n) is 2.67. The van der Waals surface area contributed by atoms with Crippen molar-refractivity contribution in [3.63, 3.8) is 0 Å². The van der Waals surface area contributed by atoms with Crippen LogP contribution in [-0.2, 0) is 4.79 Å². The molecule has 2 rings (SSSR count). The maximum Gasteiger partial charge on any atom is 0.262 e. The highest BCUT2D eigenvalue weighted by Gasteiger charge is 2.05. The molecule has 4 nitrogen and oxygen atoms in total. The molecule has 0 aliphatic heterocycles. The number of carbonyl (C=O) groups is 1. The molecule has 2 aromatic carbocycles. The smallest absolute Gasteiger partial charge is 0.262 e. The van der Waals surface area contributed by atoms with E-state index in [1.807, 2.05) is 0 Å². The Morgan fingerprint density at radius 2 is 2.10 bits per heavy atom. The molecule has 0 saturated heterocycles. The van der Waals surface area contributed by atoms with Gasteiger partial charge < -0.3 is 15.8 Å². The molecular weight excluding hydrogens is 259 g/mol. The number of amides is 1. The van der Waals surface area contributed by atoms with E-state index in [0.29, 0.717) is 22.7 Å². The van der Waals surface area contributed by atoms with Crippen LogP contribution in [0.2, 0.25) is 0 Å². The molecule has 0 heterocycles. The third kappa shape index (κ3) is 3.71. The predicted octanol–water partition coefficient (Wildman–Crippen LogP) is 2.73. The summed E-state index contributed by atoms with van der Waals surface area (Å²) in [5, 5.41) is 2.66. The molecule has 104 valence electrons. The average Bonchev–Trinajstić information content (AvgIpc) is 2.40. The molecule has 0 aliphatic carbocycles. The Kier molecular flexibility index (Phi) is 4.20. The Balaban J connectivity index is 1.90. The van der Waals surface area contributed by atoms with Gasteiger partial charge in [-0.15, -0.1) is 0 Å². The van der Waals surface area contributed by atoms with Crippen LogP contribution in [0.3, 0.4) is 0 Å². The molecule has 5 heteroatoms. The van der Waals surface area contributed by atoms with Crippen LogP contribution in [0.25, 0.3) is 0 Å². The average molecular weight is 274 g/mol. The first-order chi connectivity index (χ1) is 9.54. The normalized spacial score (nSPS) is 10.1. The quantitative estimate of drug-likeness (QED) is 0.842. The lowest BCUT2D eigenvalue weighted by atomic mass is 10.2. The van der Waals surface area contributed by atoms with Crippen LogP contribution in [0.1, 0.15) is 5.56 Å². The first-order valence-electron chi connectivity index (χ1n) is 6.09. The van der Waals surface area contributed by atoms with Crippen LogP contribution in [0, 0.1) is 12.7 Å². The topological polar surface area (TPSA) is 64.3 Å². The maximum atomic E-state index is 13.1. The fourth-order valence-corrected chi connectivity index (χ4v) is 1.67. The van der Waals surface area contributed by atoms with Crippen LogP contribution >= 0.6 is 0 Å². The Hall–Kier alpha value is -2.56. The number of nitrogens with two attached hydrogens (primary N) is 1. The SMILES string of the molecule is Cc1cc(OCC(=O)Nc2cccc(N)c2)ccc1F. The van der Waals surface area contributed by atoms with E-state index in [1.54, 1.807) is 37.3 Å². The number of rotatable bonds is 4. The number of carbonyl (C=O) groups excluding carboxylic acids is 1. The minimum Gasteiger partial charge on any atom is -0.484 e. The Morgan fingerprint density at radius 1 is 1.30 bits per heavy atom. The van der Waals surface area contributed by atoms with Crippen molar-refractivity contribution >= 4 is 17.3 Å². The minimum absolute atomic E-state index is 0.153. The van der Waals surface area contributed by atoms with Crippen molar-refractivity contribution in [3.05, 3.63) is 53.8 Å². The van der Waals surface area contributed by atoms with Crippen LogP contribution in [-0.4, -0.2) is 12.5 Å². The number of ether oxygens (including phenoxy) is 1. The lowest BCUT2D eigenvalue weighted by Gasteiger charge is -2.08. The van der Waals surface area contributed by atoms with Crippen LogP contribution in [0.15, 0.2) is 42.5 Å². The summed E-state index contributed by atoms with van der Waals surface area (Å²) in [5.41, 5.74) is 7.26. The summed E-state index contributed by atoms with van der Waals surface area (Å²) < 4.78 is 18.4. The number of aryl methyl sites for hydroxylation is 1. The second-order valence-corrected chi connectivity index (χ2v) is 4.37. The Bertz CT molecular complexity index is 629. The number of nitrogens with one attached hydrogen (secondary N) is 1. The van der Waals surface area contributed by atoms with E-state index in [0.717, 1.165) is 0 Å². The second-order valence-electron chi connectivity index (χ2n) is 4.37. The summed E-state index contributed by atoms with van der Waals surface area (Å²) in [7, 11) is 0. The highest BCUT2D eigenvalue weighted by Crippen LogP contribution is 2.16. The van der Waals surface area contributed by atoms with Gasteiger partial charge >= 0.3 is 0 Å². The van der Waals surface area contributed by atoms with E-state index in [9.17, 15) is 9.18 Å². The van der Waals surface area contributed by atoms with Gasteiger partial charge in [0, 0.05) is 11.4 Å². The van der Waals surface area contributed by atoms with Crippen molar-refractivity contribution in [1.82, 2.24) is 0 Å². The van der Waals surface area contributed by atoms with Crippen molar-refractivity contribution in [1.29, 1.82) is 0 Å². The van der Waals surface area contributed by atoms with Crippen molar-refractivity contribution in [2.45, 2.75) is 6.92 Å². The van der Waals surface area contributed by atoms with E-state index >= 15 is 0 Å². The first kappa shape index (κ1) is 13.9. The largest absolute Gasteiger partial charge is 0.484 e. The molecule has 0 aliphatic rings. The predicted molar refractivity (Wildman–Crippen MR) is 76.1 cm³/mol. The van der Waals surface area contributed by atoms with E-state index in [2.05, 4.69) is 5.32 Å². The Morgan fingerprint density at radius 3 is 2.80 bits per heavy atom. The van der Waals surface area contributed by atoms with Crippen LogP contribution < -0.4 is 15.8 Å². The monoisotopic (exact) mass is 274 g/mol. The molecule has 0 bridgehead atoms. The summed E-state index contributed by atoms with van der Waals surface area (Å²) >= 11 is 0. The van der Waals surface area contributed by atoms with Crippen molar-refractivity contribution < 1.29 is 13.9 Å². The molecule has 0 saturated carbocycles. The number of hydrogen-bond donors (Lipinski definition) is 2. The molecule has 0 fully saturated rings. The standard InChI is InChI=1S/C15H15FN2O2/c1-10-7-13(5-6-14(10)16)20-9-15(19)18-12-4-2-3-11(17)8-12/h2-8H,9,17H2,1H3,(H,18,19). The molecule has 2 aromatic rings. The van der Waals surface area contributed by atoms with Gasteiger partial charge in [-0.3, -0.25) is 4.79 Å². The van der Waals surface area contributed by atoms with Gasteiger partial charge in [0.1, 0.15) is 11.6 Å². The van der Waals surface area contributed by atoms with E-state index in [-0.39, 0.29) is 18.3 Å². The van der Waals surface area contributed by atoms with Gasteiger partial charge in [-0.05, 0) is 48.9 Å². The van der Waals surface area contributed by atoms with Gasteiger partial charge in [0.15, 0.2) is 6.61 Å². The van der Waals surface area contributed by atoms with Gasteiger partial charge in [-0.1, -0.05) is 6.07 Å². The zero-order chi connectivity index (χ0) is 14.5. The Labute approximate surface area is 116 Å². The highest BCUT2D eigenvalue weighted by atomic mass is 19.1. The summed E-state index contributed by atoms with van der Waals surface area (Å²) in [6.07, 6.45) is 0. The first-order valence-corrected chi connectivity index (χ1v) is 6.09. The summed E-state index contributed by atoms with van der Waals surface area (Å²) in [5.74, 6) is -0.161. The molecule has 0 radical (unpaired) electrons. The van der Waals surface area contributed by atoms with E-state index in [4.69, 9.17) is 10.5 Å². The van der Waals surface area contributed by atoms with Crippen molar-refractivity contribution in [2.75, 3.05) is 17.7 Å². The second kappa shape index (κ2) is 6.06.